The molecule has 3 nitrogen and oxygen atoms in total. The van der Waals surface area contributed by atoms with Crippen molar-refractivity contribution in [3.8, 4) is 0 Å². The van der Waals surface area contributed by atoms with Crippen molar-refractivity contribution in [2.75, 3.05) is 0 Å². The number of aromatic nitrogens is 2. The molecule has 2 aromatic rings. The van der Waals surface area contributed by atoms with E-state index in [9.17, 15) is 13.2 Å². The number of nitrogens with zero attached hydrogens (tertiary/aromatic N) is 2. The first-order chi connectivity index (χ1) is 8.77. The molecule has 6 heteroatoms. The number of nitrogens with two attached hydrogens (primary N) is 1. The Morgan fingerprint density at radius 1 is 1.26 bits per heavy atom. The largest absolute Gasteiger partial charge is 0.416 e. The van der Waals surface area contributed by atoms with Gasteiger partial charge in [0, 0.05) is 23.5 Å². The van der Waals surface area contributed by atoms with Gasteiger partial charge in [-0.3, -0.25) is 0 Å². The lowest BCUT2D eigenvalue weighted by Gasteiger charge is -2.10. The maximum Gasteiger partial charge on any atom is 0.416 e. The molecule has 19 heavy (non-hydrogen) atoms. The number of hydrogen-bond acceptors (Lipinski definition) is 3. The van der Waals surface area contributed by atoms with Gasteiger partial charge in [0.05, 0.1) is 11.1 Å². The van der Waals surface area contributed by atoms with Gasteiger partial charge in [-0.15, -0.1) is 0 Å². The summed E-state index contributed by atoms with van der Waals surface area (Å²) in [5.41, 5.74) is 5.92. The van der Waals surface area contributed by atoms with Crippen LogP contribution in [0.3, 0.4) is 0 Å². The average Bonchev–Trinajstić information content (AvgIpc) is 2.26. The molecule has 1 unspecified atom stereocenters. The van der Waals surface area contributed by atoms with E-state index in [1.54, 1.807) is 13.8 Å². The molecule has 2 N–H and O–H groups in total. The highest BCUT2D eigenvalue weighted by atomic mass is 19.4. The number of fused-ring (bicyclic) bond motifs is 1. The zero-order valence-corrected chi connectivity index (χ0v) is 10.6. The lowest BCUT2D eigenvalue weighted by atomic mass is 10.1. The minimum Gasteiger partial charge on any atom is -0.328 e. The second-order valence-corrected chi connectivity index (χ2v) is 4.64. The van der Waals surface area contributed by atoms with E-state index in [0.29, 0.717) is 28.8 Å². The molecule has 1 heterocycles. The Bertz CT molecular complexity index is 606. The molecular formula is C13H14F3N3. The molecule has 0 saturated carbocycles. The summed E-state index contributed by atoms with van der Waals surface area (Å²) in [6, 6.07) is 3.37. The third kappa shape index (κ3) is 3.01. The summed E-state index contributed by atoms with van der Waals surface area (Å²) in [5, 5.41) is 0.626. The Labute approximate surface area is 108 Å². The Morgan fingerprint density at radius 3 is 2.53 bits per heavy atom. The number of rotatable bonds is 2. The topological polar surface area (TPSA) is 51.8 Å². The van der Waals surface area contributed by atoms with E-state index in [1.807, 2.05) is 0 Å². The number of benzene rings is 1. The van der Waals surface area contributed by atoms with Crippen molar-refractivity contribution in [1.29, 1.82) is 0 Å². The first kappa shape index (κ1) is 13.7. The fourth-order valence-electron chi connectivity index (χ4n) is 1.90. The Morgan fingerprint density at radius 2 is 1.95 bits per heavy atom. The van der Waals surface area contributed by atoms with Crippen molar-refractivity contribution in [1.82, 2.24) is 9.97 Å². The van der Waals surface area contributed by atoms with Gasteiger partial charge in [0.1, 0.15) is 5.82 Å². The first-order valence-electron chi connectivity index (χ1n) is 5.87. The molecular weight excluding hydrogens is 255 g/mol. The van der Waals surface area contributed by atoms with Gasteiger partial charge < -0.3 is 5.73 Å². The van der Waals surface area contributed by atoms with Gasteiger partial charge in [0.2, 0.25) is 0 Å². The summed E-state index contributed by atoms with van der Waals surface area (Å²) in [6.07, 6.45) is -3.93. The van der Waals surface area contributed by atoms with Crippen LogP contribution in [0.15, 0.2) is 18.2 Å². The molecule has 0 spiro atoms. The van der Waals surface area contributed by atoms with Crippen molar-refractivity contribution >= 4 is 10.9 Å². The van der Waals surface area contributed by atoms with E-state index < -0.39 is 11.7 Å². The fraction of sp³-hybridized carbons (Fsp3) is 0.385. The quantitative estimate of drug-likeness (QED) is 0.912. The molecule has 1 aromatic heterocycles. The van der Waals surface area contributed by atoms with E-state index in [1.165, 1.54) is 6.07 Å². The molecule has 2 rings (SSSR count). The van der Waals surface area contributed by atoms with E-state index in [4.69, 9.17) is 5.73 Å². The van der Waals surface area contributed by atoms with Crippen molar-refractivity contribution < 1.29 is 13.2 Å². The van der Waals surface area contributed by atoms with Crippen LogP contribution in [0.5, 0.6) is 0 Å². The number of alkyl halides is 3. The van der Waals surface area contributed by atoms with Crippen molar-refractivity contribution in [2.45, 2.75) is 32.5 Å². The monoisotopic (exact) mass is 269 g/mol. The lowest BCUT2D eigenvalue weighted by Crippen LogP contribution is -2.19. The molecule has 1 aromatic carbocycles. The Kier molecular flexibility index (Phi) is 3.45. The predicted molar refractivity (Wildman–Crippen MR) is 66.6 cm³/mol. The van der Waals surface area contributed by atoms with Crippen molar-refractivity contribution in [3.05, 3.63) is 35.3 Å². The number of halogens is 3. The van der Waals surface area contributed by atoms with Gasteiger partial charge in [0.25, 0.3) is 0 Å². The smallest absolute Gasteiger partial charge is 0.328 e. The van der Waals surface area contributed by atoms with E-state index in [-0.39, 0.29) is 6.04 Å². The SMILES string of the molecule is Cc1nc(CC(C)N)nc2cc(C(F)(F)F)ccc12. The third-order valence-corrected chi connectivity index (χ3v) is 2.77. The summed E-state index contributed by atoms with van der Waals surface area (Å²) in [7, 11) is 0. The first-order valence-corrected chi connectivity index (χ1v) is 5.87. The molecule has 0 radical (unpaired) electrons. The highest BCUT2D eigenvalue weighted by molar-refractivity contribution is 5.81. The number of hydrogen-bond donors (Lipinski definition) is 1. The molecule has 0 aliphatic carbocycles. The molecule has 0 aliphatic heterocycles. The van der Waals surface area contributed by atoms with Crippen molar-refractivity contribution in [2.24, 2.45) is 5.73 Å². The minimum atomic E-state index is -4.37. The van der Waals surface area contributed by atoms with E-state index in [0.717, 1.165) is 12.1 Å². The molecule has 0 fully saturated rings. The van der Waals surface area contributed by atoms with Crippen LogP contribution in [0.25, 0.3) is 10.9 Å². The van der Waals surface area contributed by atoms with Gasteiger partial charge in [-0.2, -0.15) is 13.2 Å². The number of aryl methyl sites for hydroxylation is 1. The van der Waals surface area contributed by atoms with Gasteiger partial charge in [-0.05, 0) is 26.0 Å². The summed E-state index contributed by atoms with van der Waals surface area (Å²) in [6.45, 7) is 3.55. The minimum absolute atomic E-state index is 0.136. The zero-order chi connectivity index (χ0) is 14.2. The van der Waals surface area contributed by atoms with Gasteiger partial charge >= 0.3 is 6.18 Å². The van der Waals surface area contributed by atoms with Crippen LogP contribution in [0, 0.1) is 6.92 Å². The molecule has 102 valence electrons. The molecule has 1 atom stereocenters. The summed E-state index contributed by atoms with van der Waals surface area (Å²) in [4.78, 5) is 8.42. The van der Waals surface area contributed by atoms with Crippen LogP contribution >= 0.6 is 0 Å². The highest BCUT2D eigenvalue weighted by Gasteiger charge is 2.30. The highest BCUT2D eigenvalue weighted by Crippen LogP contribution is 2.31. The molecule has 0 aliphatic rings. The van der Waals surface area contributed by atoms with Crippen LogP contribution in [0.2, 0.25) is 0 Å². The standard InChI is InChI=1S/C13H14F3N3/c1-7(17)5-12-18-8(2)10-4-3-9(13(14,15)16)6-11(10)19-12/h3-4,6-7H,5,17H2,1-2H3. The zero-order valence-electron chi connectivity index (χ0n) is 10.6. The second-order valence-electron chi connectivity index (χ2n) is 4.64. The van der Waals surface area contributed by atoms with Gasteiger partial charge in [-0.25, -0.2) is 9.97 Å². The fourth-order valence-corrected chi connectivity index (χ4v) is 1.90. The normalized spacial score (nSPS) is 13.8. The average molecular weight is 269 g/mol. The maximum atomic E-state index is 12.7. The van der Waals surface area contributed by atoms with Gasteiger partial charge in [-0.1, -0.05) is 6.07 Å². The summed E-state index contributed by atoms with van der Waals surface area (Å²) < 4.78 is 38.0. The molecule has 0 bridgehead atoms. The second kappa shape index (κ2) is 4.77. The van der Waals surface area contributed by atoms with Crippen LogP contribution in [0.1, 0.15) is 24.0 Å². The lowest BCUT2D eigenvalue weighted by molar-refractivity contribution is -0.137. The van der Waals surface area contributed by atoms with Crippen LogP contribution in [-0.4, -0.2) is 16.0 Å². The van der Waals surface area contributed by atoms with Crippen LogP contribution in [0.4, 0.5) is 13.2 Å². The van der Waals surface area contributed by atoms with E-state index >= 15 is 0 Å². The molecule has 0 saturated heterocycles. The van der Waals surface area contributed by atoms with Crippen molar-refractivity contribution in [3.63, 3.8) is 0 Å². The van der Waals surface area contributed by atoms with Crippen LogP contribution < -0.4 is 5.73 Å². The molecule has 0 amide bonds. The predicted octanol–water partition coefficient (Wildman–Crippen LogP) is 2.85. The maximum absolute atomic E-state index is 12.7. The Hall–Kier alpha value is -1.69. The van der Waals surface area contributed by atoms with Crippen LogP contribution in [-0.2, 0) is 12.6 Å². The Balaban J connectivity index is 2.56. The van der Waals surface area contributed by atoms with Gasteiger partial charge in [0.15, 0.2) is 0 Å². The third-order valence-electron chi connectivity index (χ3n) is 2.77. The summed E-state index contributed by atoms with van der Waals surface area (Å²) in [5.74, 6) is 0.472. The summed E-state index contributed by atoms with van der Waals surface area (Å²) >= 11 is 0. The van der Waals surface area contributed by atoms with E-state index in [2.05, 4.69) is 9.97 Å².